The van der Waals surface area contributed by atoms with E-state index in [0.29, 0.717) is 16.6 Å². The lowest BCUT2D eigenvalue weighted by Crippen LogP contribution is -2.38. The molecule has 0 spiro atoms. The first-order valence-corrected chi connectivity index (χ1v) is 11.8. The fourth-order valence-corrected chi connectivity index (χ4v) is 5.11. The number of halogens is 1. The molecule has 0 aliphatic carbocycles. The van der Waals surface area contributed by atoms with Gasteiger partial charge in [-0.05, 0) is 56.3 Å². The van der Waals surface area contributed by atoms with E-state index in [4.69, 9.17) is 4.98 Å². The van der Waals surface area contributed by atoms with Crippen molar-refractivity contribution in [1.82, 2.24) is 9.88 Å². The molecule has 7 nitrogen and oxygen atoms in total. The van der Waals surface area contributed by atoms with Crippen LogP contribution in [-0.2, 0) is 4.79 Å². The average molecular weight is 495 g/mol. The van der Waals surface area contributed by atoms with Gasteiger partial charge < -0.3 is 4.90 Å². The summed E-state index contributed by atoms with van der Waals surface area (Å²) in [4.78, 5) is 33.0. The summed E-state index contributed by atoms with van der Waals surface area (Å²) in [6, 6.07) is 7.26. The molecule has 0 N–H and O–H groups in total. The minimum Gasteiger partial charge on any atom is -0.302 e. The number of hydrogen-bond acceptors (Lipinski definition) is 7. The number of aromatic nitrogens is 1. The molecule has 0 unspecified atom stereocenters. The second-order valence-corrected chi connectivity index (χ2v) is 9.28. The van der Waals surface area contributed by atoms with Gasteiger partial charge in [0.2, 0.25) is 0 Å². The maximum absolute atomic E-state index is 13.1. The lowest BCUT2D eigenvalue weighted by atomic mass is 10.1. The van der Waals surface area contributed by atoms with Crippen molar-refractivity contribution >= 4 is 67.4 Å². The van der Waals surface area contributed by atoms with E-state index >= 15 is 0 Å². The first-order valence-electron chi connectivity index (χ1n) is 10.2. The molecular weight excluding hydrogens is 468 g/mol. The van der Waals surface area contributed by atoms with Crippen molar-refractivity contribution in [2.45, 2.75) is 27.7 Å². The van der Waals surface area contributed by atoms with E-state index in [1.54, 1.807) is 17.0 Å². The van der Waals surface area contributed by atoms with Crippen LogP contribution in [0.2, 0.25) is 0 Å². The van der Waals surface area contributed by atoms with Crippen LogP contribution in [0.15, 0.2) is 30.3 Å². The summed E-state index contributed by atoms with van der Waals surface area (Å²) in [5.41, 5.74) is 3.19. The second kappa shape index (κ2) is 11.5. The fourth-order valence-electron chi connectivity index (χ4n) is 3.34. The molecule has 1 amide bonds. The van der Waals surface area contributed by atoms with Crippen LogP contribution in [0.25, 0.3) is 16.3 Å². The standard InChI is InChI=1S/C22H26N4O3S2.ClH/c1-5-24(6-2)11-12-25(19(27)9-7-17-8-10-20(30-17)26(28)29)22-23-18-14-15(3)13-16(4)21(18)31-22;/h7-10,13-14H,5-6,11-12H2,1-4H3;1H. The Bertz CT molecular complexity index is 1120. The summed E-state index contributed by atoms with van der Waals surface area (Å²) in [7, 11) is 0. The van der Waals surface area contributed by atoms with E-state index in [2.05, 4.69) is 31.7 Å². The fraction of sp³-hybridized carbons (Fsp3) is 0.364. The number of anilines is 1. The first-order chi connectivity index (χ1) is 14.8. The van der Waals surface area contributed by atoms with Gasteiger partial charge in [0, 0.05) is 30.1 Å². The Hall–Kier alpha value is -2.33. The van der Waals surface area contributed by atoms with Gasteiger partial charge in [0.05, 0.1) is 15.1 Å². The third kappa shape index (κ3) is 6.13. The second-order valence-electron chi connectivity index (χ2n) is 7.21. The Balaban J connectivity index is 0.00000363. The number of fused-ring (bicyclic) bond motifs is 1. The monoisotopic (exact) mass is 494 g/mol. The van der Waals surface area contributed by atoms with Gasteiger partial charge in [-0.2, -0.15) is 0 Å². The van der Waals surface area contributed by atoms with E-state index in [0.717, 1.165) is 52.3 Å². The molecule has 32 heavy (non-hydrogen) atoms. The molecule has 1 aromatic carbocycles. The Kier molecular flexibility index (Phi) is 9.33. The number of thiophene rings is 1. The smallest absolute Gasteiger partial charge is 0.302 e. The Morgan fingerprint density at radius 2 is 1.88 bits per heavy atom. The predicted molar refractivity (Wildman–Crippen MR) is 136 cm³/mol. The van der Waals surface area contributed by atoms with Gasteiger partial charge in [-0.1, -0.05) is 42.6 Å². The third-order valence-electron chi connectivity index (χ3n) is 5.02. The molecule has 2 heterocycles. The molecule has 2 aromatic heterocycles. The summed E-state index contributed by atoms with van der Waals surface area (Å²) < 4.78 is 1.08. The lowest BCUT2D eigenvalue weighted by molar-refractivity contribution is -0.380. The van der Waals surface area contributed by atoms with Gasteiger partial charge in [0.25, 0.3) is 5.91 Å². The molecule has 0 fully saturated rings. The van der Waals surface area contributed by atoms with E-state index < -0.39 is 4.92 Å². The number of aryl methyl sites for hydroxylation is 2. The number of likely N-dealkylation sites (N-methyl/N-ethyl adjacent to an activating group) is 1. The van der Waals surface area contributed by atoms with Crippen molar-refractivity contribution in [2.24, 2.45) is 0 Å². The summed E-state index contributed by atoms with van der Waals surface area (Å²) in [5.74, 6) is -0.184. The van der Waals surface area contributed by atoms with Gasteiger partial charge in [-0.15, -0.1) is 12.4 Å². The number of nitrogens with zero attached hydrogens (tertiary/aromatic N) is 4. The van der Waals surface area contributed by atoms with E-state index in [-0.39, 0.29) is 23.3 Å². The zero-order chi connectivity index (χ0) is 22.5. The zero-order valence-corrected chi connectivity index (χ0v) is 21.0. The minimum atomic E-state index is -0.425. The van der Waals surface area contributed by atoms with E-state index in [1.807, 2.05) is 13.0 Å². The lowest BCUT2D eigenvalue weighted by Gasteiger charge is -2.23. The van der Waals surface area contributed by atoms with Gasteiger partial charge in [0.1, 0.15) is 0 Å². The van der Waals surface area contributed by atoms with Crippen molar-refractivity contribution in [3.05, 3.63) is 56.5 Å². The molecule has 0 atom stereocenters. The number of hydrogen-bond donors (Lipinski definition) is 0. The van der Waals surface area contributed by atoms with Crippen LogP contribution in [-0.4, -0.2) is 46.9 Å². The quantitative estimate of drug-likeness (QED) is 0.217. The van der Waals surface area contributed by atoms with Crippen LogP contribution in [0.1, 0.15) is 29.9 Å². The Morgan fingerprint density at radius 1 is 1.16 bits per heavy atom. The summed E-state index contributed by atoms with van der Waals surface area (Å²) >= 11 is 2.57. The van der Waals surface area contributed by atoms with Gasteiger partial charge in [-0.3, -0.25) is 19.8 Å². The first kappa shape index (κ1) is 25.9. The van der Waals surface area contributed by atoms with Crippen LogP contribution in [0, 0.1) is 24.0 Å². The molecule has 0 saturated carbocycles. The van der Waals surface area contributed by atoms with Crippen LogP contribution in [0.5, 0.6) is 0 Å². The van der Waals surface area contributed by atoms with Crippen molar-refractivity contribution in [3.8, 4) is 0 Å². The van der Waals surface area contributed by atoms with Crippen molar-refractivity contribution in [2.75, 3.05) is 31.1 Å². The van der Waals surface area contributed by atoms with Gasteiger partial charge in [-0.25, -0.2) is 4.98 Å². The molecular formula is C22H27ClN4O3S2. The van der Waals surface area contributed by atoms with Crippen molar-refractivity contribution in [1.29, 1.82) is 0 Å². The van der Waals surface area contributed by atoms with Gasteiger partial charge >= 0.3 is 5.00 Å². The van der Waals surface area contributed by atoms with E-state index in [9.17, 15) is 14.9 Å². The van der Waals surface area contributed by atoms with E-state index in [1.165, 1.54) is 23.5 Å². The largest absolute Gasteiger partial charge is 0.324 e. The highest BCUT2D eigenvalue weighted by molar-refractivity contribution is 7.22. The Morgan fingerprint density at radius 3 is 2.50 bits per heavy atom. The number of benzene rings is 1. The number of carbonyl (C=O) groups is 1. The normalized spacial score (nSPS) is 11.3. The van der Waals surface area contributed by atoms with Crippen molar-refractivity contribution in [3.63, 3.8) is 0 Å². The highest BCUT2D eigenvalue weighted by Gasteiger charge is 2.20. The van der Waals surface area contributed by atoms with Crippen LogP contribution < -0.4 is 4.90 Å². The molecule has 0 aliphatic rings. The summed E-state index contributed by atoms with van der Waals surface area (Å²) in [6.07, 6.45) is 3.11. The highest BCUT2D eigenvalue weighted by atomic mass is 35.5. The summed E-state index contributed by atoms with van der Waals surface area (Å²) in [6.45, 7) is 11.4. The number of rotatable bonds is 9. The van der Waals surface area contributed by atoms with Crippen molar-refractivity contribution < 1.29 is 9.72 Å². The zero-order valence-electron chi connectivity index (χ0n) is 18.5. The maximum atomic E-state index is 13.1. The molecule has 0 radical (unpaired) electrons. The molecule has 10 heteroatoms. The van der Waals surface area contributed by atoms with Crippen LogP contribution >= 0.6 is 35.1 Å². The SMILES string of the molecule is CCN(CC)CCN(C(=O)C=Cc1ccc([N+](=O)[O-])s1)c1nc2cc(C)cc(C)c2s1.Cl. The Labute approximate surface area is 201 Å². The number of nitro groups is 1. The molecule has 3 rings (SSSR count). The van der Waals surface area contributed by atoms with Crippen LogP contribution in [0.3, 0.4) is 0 Å². The van der Waals surface area contributed by atoms with Gasteiger partial charge in [0.15, 0.2) is 5.13 Å². The third-order valence-corrected chi connectivity index (χ3v) is 7.25. The number of thiazole rings is 1. The molecule has 3 aromatic rings. The predicted octanol–water partition coefficient (Wildman–Crippen LogP) is 5.69. The molecule has 0 saturated heterocycles. The minimum absolute atomic E-state index is 0. The summed E-state index contributed by atoms with van der Waals surface area (Å²) in [5, 5.41) is 11.6. The molecule has 0 aliphatic heterocycles. The molecule has 0 bridgehead atoms. The molecule has 172 valence electrons. The average Bonchev–Trinajstić information content (AvgIpc) is 3.37. The highest BCUT2D eigenvalue weighted by Crippen LogP contribution is 2.32. The number of amides is 1. The topological polar surface area (TPSA) is 79.6 Å². The van der Waals surface area contributed by atoms with Crippen LogP contribution in [0.4, 0.5) is 10.1 Å². The maximum Gasteiger partial charge on any atom is 0.324 e. The number of carbonyl (C=O) groups excluding carboxylic acids is 1.